The molecule has 1 aliphatic rings. The molecule has 0 saturated heterocycles. The van der Waals surface area contributed by atoms with Crippen molar-refractivity contribution >= 4 is 27.8 Å². The van der Waals surface area contributed by atoms with Gasteiger partial charge >= 0.3 is 11.2 Å². The van der Waals surface area contributed by atoms with Gasteiger partial charge in [-0.25, -0.2) is 0 Å². The van der Waals surface area contributed by atoms with Crippen LogP contribution in [0.2, 0.25) is 0 Å². The van der Waals surface area contributed by atoms with E-state index in [0.717, 1.165) is 15.9 Å². The first kappa shape index (κ1) is 13.9. The quantitative estimate of drug-likeness (QED) is 0.682. The Balaban J connectivity index is 1.98. The van der Waals surface area contributed by atoms with E-state index in [0.29, 0.717) is 10.9 Å². The van der Waals surface area contributed by atoms with Crippen LogP contribution in [0.1, 0.15) is 37.1 Å². The Bertz CT molecular complexity index is 747. The largest absolute Gasteiger partial charge is 0.378 e. The van der Waals surface area contributed by atoms with Crippen molar-refractivity contribution in [3.8, 4) is 0 Å². The number of nitrogen functional groups attached to an aromatic ring is 1. The van der Waals surface area contributed by atoms with Crippen LogP contribution >= 0.6 is 11.3 Å². The predicted octanol–water partition coefficient (Wildman–Crippen LogP) is 1.76. The number of anilines is 1. The molecule has 21 heavy (non-hydrogen) atoms. The van der Waals surface area contributed by atoms with E-state index in [2.05, 4.69) is 10.1 Å². The molecule has 0 aromatic carbocycles. The highest BCUT2D eigenvalue weighted by Gasteiger charge is 2.24. The van der Waals surface area contributed by atoms with E-state index in [4.69, 9.17) is 5.73 Å². The van der Waals surface area contributed by atoms with E-state index < -0.39 is 16.2 Å². The summed E-state index contributed by atoms with van der Waals surface area (Å²) in [5, 5.41) is 15.8. The lowest BCUT2D eigenvalue weighted by Crippen LogP contribution is -2.21. The zero-order chi connectivity index (χ0) is 15.0. The Labute approximate surface area is 123 Å². The molecule has 0 bridgehead atoms. The smallest absolute Gasteiger partial charge is 0.377 e. The van der Waals surface area contributed by atoms with Crippen molar-refractivity contribution in [2.24, 2.45) is 5.92 Å². The van der Waals surface area contributed by atoms with Gasteiger partial charge in [-0.2, -0.15) is 14.6 Å². The summed E-state index contributed by atoms with van der Waals surface area (Å²) in [7, 11) is 0. The van der Waals surface area contributed by atoms with Crippen molar-refractivity contribution in [1.82, 2.24) is 14.6 Å². The van der Waals surface area contributed by atoms with Gasteiger partial charge in [0, 0.05) is 6.42 Å². The maximum atomic E-state index is 12.0. The highest BCUT2D eigenvalue weighted by molar-refractivity contribution is 7.16. The summed E-state index contributed by atoms with van der Waals surface area (Å²) in [6.07, 6.45) is 6.86. The fraction of sp³-hybridized carbons (Fsp3) is 0.583. The minimum absolute atomic E-state index is 0.314. The minimum Gasteiger partial charge on any atom is -0.378 e. The molecular formula is C12H15N5O3S. The molecule has 0 radical (unpaired) electrons. The van der Waals surface area contributed by atoms with Gasteiger partial charge < -0.3 is 5.73 Å². The van der Waals surface area contributed by atoms with Crippen molar-refractivity contribution in [1.29, 1.82) is 0 Å². The van der Waals surface area contributed by atoms with Crippen LogP contribution in [0.3, 0.4) is 0 Å². The summed E-state index contributed by atoms with van der Waals surface area (Å²) in [4.78, 5) is 26.3. The predicted molar refractivity (Wildman–Crippen MR) is 78.5 cm³/mol. The van der Waals surface area contributed by atoms with Crippen LogP contribution < -0.4 is 11.3 Å². The van der Waals surface area contributed by atoms with Crippen molar-refractivity contribution in [3.05, 3.63) is 25.5 Å². The Hall–Kier alpha value is -2.03. The Morgan fingerprint density at radius 3 is 2.76 bits per heavy atom. The topological polar surface area (TPSA) is 116 Å². The highest BCUT2D eigenvalue weighted by atomic mass is 32.1. The normalized spacial score (nSPS) is 16.4. The number of nitrogens with zero attached hydrogens (tertiary/aromatic N) is 4. The summed E-state index contributed by atoms with van der Waals surface area (Å²) in [6.45, 7) is 0. The number of aromatic nitrogens is 3. The number of rotatable bonds is 3. The van der Waals surface area contributed by atoms with Crippen LogP contribution in [0.5, 0.6) is 0 Å². The molecule has 3 rings (SSSR count). The molecule has 2 aromatic heterocycles. The molecule has 0 spiro atoms. The fourth-order valence-corrected chi connectivity index (χ4v) is 3.79. The average Bonchev–Trinajstić information content (AvgIpc) is 2.82. The Kier molecular flexibility index (Phi) is 3.58. The second kappa shape index (κ2) is 5.40. The van der Waals surface area contributed by atoms with Gasteiger partial charge in [-0.15, -0.1) is 0 Å². The number of nitro groups is 1. The van der Waals surface area contributed by atoms with Gasteiger partial charge in [-0.1, -0.05) is 43.4 Å². The number of fused-ring (bicyclic) bond motifs is 1. The number of nitrogens with two attached hydrogens (primary N) is 1. The van der Waals surface area contributed by atoms with Crippen LogP contribution in [0.4, 0.5) is 11.5 Å². The molecule has 1 saturated carbocycles. The maximum Gasteiger partial charge on any atom is 0.377 e. The first-order valence-electron chi connectivity index (χ1n) is 6.89. The molecule has 0 atom stereocenters. The van der Waals surface area contributed by atoms with Crippen LogP contribution in [0.15, 0.2) is 4.79 Å². The molecule has 0 unspecified atom stereocenters. The van der Waals surface area contributed by atoms with Gasteiger partial charge in [0.05, 0.1) is 4.92 Å². The van der Waals surface area contributed by atoms with Crippen LogP contribution in [0.25, 0.3) is 4.96 Å². The lowest BCUT2D eigenvalue weighted by molar-refractivity contribution is -0.385. The summed E-state index contributed by atoms with van der Waals surface area (Å²) >= 11 is 1.28. The van der Waals surface area contributed by atoms with Crippen molar-refractivity contribution in [3.63, 3.8) is 0 Å². The van der Waals surface area contributed by atoms with Gasteiger partial charge in [-0.3, -0.25) is 14.9 Å². The molecule has 2 N–H and O–H groups in total. The zero-order valence-corrected chi connectivity index (χ0v) is 12.1. The second-order valence-electron chi connectivity index (χ2n) is 5.31. The van der Waals surface area contributed by atoms with Crippen LogP contribution in [-0.4, -0.2) is 19.5 Å². The van der Waals surface area contributed by atoms with E-state index in [-0.39, 0.29) is 5.82 Å². The standard InChI is InChI=1S/C12H15N5O3S/c13-10-9(17(19)20)11(18)16-12(14-10)21-8(15-16)6-7-4-2-1-3-5-7/h7H,1-6,13H2. The van der Waals surface area contributed by atoms with Crippen molar-refractivity contribution in [2.45, 2.75) is 38.5 Å². The Morgan fingerprint density at radius 2 is 2.10 bits per heavy atom. The van der Waals surface area contributed by atoms with Crippen molar-refractivity contribution in [2.75, 3.05) is 5.73 Å². The molecule has 9 heteroatoms. The summed E-state index contributed by atoms with van der Waals surface area (Å²) in [5.74, 6) is 0.222. The van der Waals surface area contributed by atoms with Gasteiger partial charge in [0.2, 0.25) is 10.8 Å². The van der Waals surface area contributed by atoms with Gasteiger partial charge in [0.25, 0.3) is 0 Å². The molecule has 2 aromatic rings. The lowest BCUT2D eigenvalue weighted by Gasteiger charge is -2.19. The van der Waals surface area contributed by atoms with E-state index in [1.54, 1.807) is 0 Å². The molecule has 2 heterocycles. The highest BCUT2D eigenvalue weighted by Crippen LogP contribution is 2.28. The average molecular weight is 309 g/mol. The van der Waals surface area contributed by atoms with Gasteiger partial charge in [-0.05, 0) is 5.92 Å². The minimum atomic E-state index is -0.811. The number of hydrogen-bond donors (Lipinski definition) is 1. The summed E-state index contributed by atoms with van der Waals surface area (Å²) in [5.41, 5.74) is 3.98. The molecule has 112 valence electrons. The maximum absolute atomic E-state index is 12.0. The third-order valence-electron chi connectivity index (χ3n) is 3.83. The summed E-state index contributed by atoms with van der Waals surface area (Å²) < 4.78 is 0.997. The van der Waals surface area contributed by atoms with Gasteiger partial charge in [0.1, 0.15) is 5.01 Å². The first-order chi connectivity index (χ1) is 10.1. The van der Waals surface area contributed by atoms with Crippen molar-refractivity contribution < 1.29 is 4.92 Å². The molecule has 0 aliphatic heterocycles. The molecule has 1 aliphatic carbocycles. The zero-order valence-electron chi connectivity index (χ0n) is 11.3. The monoisotopic (exact) mass is 309 g/mol. The molecule has 1 fully saturated rings. The van der Waals surface area contributed by atoms with Crippen LogP contribution in [0, 0.1) is 16.0 Å². The molecule has 8 nitrogen and oxygen atoms in total. The SMILES string of the molecule is Nc1nc2sc(CC3CCCCC3)nn2c(=O)c1[N+](=O)[O-]. The fourth-order valence-electron chi connectivity index (χ4n) is 2.78. The first-order valence-corrected chi connectivity index (χ1v) is 7.70. The third-order valence-corrected chi connectivity index (χ3v) is 4.76. The van der Waals surface area contributed by atoms with Crippen LogP contribution in [-0.2, 0) is 6.42 Å². The van der Waals surface area contributed by atoms with E-state index in [1.165, 1.54) is 43.4 Å². The summed E-state index contributed by atoms with van der Waals surface area (Å²) in [6, 6.07) is 0. The molecular weight excluding hydrogens is 294 g/mol. The third kappa shape index (κ3) is 2.60. The molecule has 0 amide bonds. The van der Waals surface area contributed by atoms with E-state index in [9.17, 15) is 14.9 Å². The lowest BCUT2D eigenvalue weighted by atomic mass is 9.87. The Morgan fingerprint density at radius 1 is 1.38 bits per heavy atom. The van der Waals surface area contributed by atoms with Gasteiger partial charge in [0.15, 0.2) is 0 Å². The number of hydrogen-bond acceptors (Lipinski definition) is 7. The second-order valence-corrected chi connectivity index (χ2v) is 6.35. The van der Waals surface area contributed by atoms with E-state index in [1.807, 2.05) is 0 Å². The van der Waals surface area contributed by atoms with E-state index >= 15 is 0 Å².